The molecule has 1 aromatic rings. The molecule has 2 amide bonds. The molecule has 2 atom stereocenters. The Morgan fingerprint density at radius 1 is 1.27 bits per heavy atom. The number of aliphatic carboxylic acids is 1. The predicted molar refractivity (Wildman–Crippen MR) is 93.8 cm³/mol. The van der Waals surface area contributed by atoms with Crippen LogP contribution in [0.3, 0.4) is 0 Å². The molecular formula is C19H25N3O4. The van der Waals surface area contributed by atoms with Crippen LogP contribution in [0.4, 0.5) is 0 Å². The molecule has 1 aromatic heterocycles. The van der Waals surface area contributed by atoms with Crippen molar-refractivity contribution in [1.29, 1.82) is 0 Å². The number of piperidine rings is 1. The van der Waals surface area contributed by atoms with Gasteiger partial charge in [-0.15, -0.1) is 0 Å². The van der Waals surface area contributed by atoms with Crippen LogP contribution in [-0.2, 0) is 20.9 Å². The largest absolute Gasteiger partial charge is 0.481 e. The molecule has 7 nitrogen and oxygen atoms in total. The maximum atomic E-state index is 12.6. The van der Waals surface area contributed by atoms with E-state index in [0.29, 0.717) is 32.5 Å². The van der Waals surface area contributed by atoms with Gasteiger partial charge in [-0.05, 0) is 29.9 Å². The maximum absolute atomic E-state index is 12.6. The average molecular weight is 359 g/mol. The second-order valence-electron chi connectivity index (χ2n) is 7.79. The van der Waals surface area contributed by atoms with Crippen LogP contribution >= 0.6 is 0 Å². The molecule has 0 unspecified atom stereocenters. The summed E-state index contributed by atoms with van der Waals surface area (Å²) in [6.45, 7) is 5.10. The monoisotopic (exact) mass is 359 g/mol. The first kappa shape index (κ1) is 18.4. The zero-order valence-corrected chi connectivity index (χ0v) is 15.1. The lowest BCUT2D eigenvalue weighted by Gasteiger charge is -2.32. The molecule has 7 heteroatoms. The van der Waals surface area contributed by atoms with Gasteiger partial charge < -0.3 is 15.3 Å². The summed E-state index contributed by atoms with van der Waals surface area (Å²) in [6, 6.07) is 3.74. The van der Waals surface area contributed by atoms with Crippen molar-refractivity contribution in [2.75, 3.05) is 13.1 Å². The van der Waals surface area contributed by atoms with E-state index in [-0.39, 0.29) is 17.7 Å². The van der Waals surface area contributed by atoms with E-state index >= 15 is 0 Å². The van der Waals surface area contributed by atoms with Gasteiger partial charge in [0.1, 0.15) is 0 Å². The van der Waals surface area contributed by atoms with Crippen LogP contribution in [0, 0.1) is 23.2 Å². The van der Waals surface area contributed by atoms with Crippen molar-refractivity contribution in [3.63, 3.8) is 0 Å². The molecule has 1 aliphatic carbocycles. The topological polar surface area (TPSA) is 99.6 Å². The molecular weight excluding hydrogens is 334 g/mol. The smallest absolute Gasteiger partial charge is 0.307 e. The van der Waals surface area contributed by atoms with E-state index in [1.165, 1.54) is 0 Å². The van der Waals surface area contributed by atoms with Crippen LogP contribution in [-0.4, -0.2) is 45.9 Å². The standard InChI is InChI=1S/C19H25N3O4/c1-19(2)14(15(19)18(25)26)17(24)22-8-5-13(6-9-22)16(23)21-11-12-4-3-7-20-10-12/h3-4,7,10,13-15H,5-6,8-9,11H2,1-2H3,(H,21,23)(H,25,26)/t14-,15+/m1/s1. The molecule has 0 spiro atoms. The molecule has 0 bridgehead atoms. The van der Waals surface area contributed by atoms with E-state index in [1.54, 1.807) is 17.3 Å². The maximum Gasteiger partial charge on any atom is 0.307 e. The number of rotatable bonds is 5. The fraction of sp³-hybridized carbons (Fsp3) is 0.579. The zero-order valence-electron chi connectivity index (χ0n) is 15.1. The van der Waals surface area contributed by atoms with Crippen molar-refractivity contribution >= 4 is 17.8 Å². The van der Waals surface area contributed by atoms with Gasteiger partial charge in [-0.25, -0.2) is 0 Å². The number of carboxylic acids is 1. The number of pyridine rings is 1. The van der Waals surface area contributed by atoms with Crippen molar-refractivity contribution in [3.05, 3.63) is 30.1 Å². The lowest BCUT2D eigenvalue weighted by molar-refractivity contribution is -0.142. The number of carbonyl (C=O) groups excluding carboxylic acids is 2. The molecule has 0 aromatic carbocycles. The second kappa shape index (κ2) is 7.05. The third-order valence-corrected chi connectivity index (χ3v) is 5.73. The summed E-state index contributed by atoms with van der Waals surface area (Å²) < 4.78 is 0. The predicted octanol–water partition coefficient (Wildman–Crippen LogP) is 1.29. The van der Waals surface area contributed by atoms with Crippen molar-refractivity contribution in [2.24, 2.45) is 23.2 Å². The highest BCUT2D eigenvalue weighted by Crippen LogP contribution is 2.59. The second-order valence-corrected chi connectivity index (χ2v) is 7.79. The third-order valence-electron chi connectivity index (χ3n) is 5.73. The number of likely N-dealkylation sites (tertiary alicyclic amines) is 1. The molecule has 26 heavy (non-hydrogen) atoms. The molecule has 1 aliphatic heterocycles. The lowest BCUT2D eigenvalue weighted by Crippen LogP contribution is -2.44. The van der Waals surface area contributed by atoms with Crippen LogP contribution < -0.4 is 5.32 Å². The van der Waals surface area contributed by atoms with Crippen LogP contribution in [0.25, 0.3) is 0 Å². The van der Waals surface area contributed by atoms with Gasteiger partial charge in [-0.3, -0.25) is 19.4 Å². The highest BCUT2D eigenvalue weighted by Gasteiger charge is 2.66. The number of nitrogens with one attached hydrogen (secondary N) is 1. The molecule has 1 saturated heterocycles. The van der Waals surface area contributed by atoms with Crippen LogP contribution in [0.15, 0.2) is 24.5 Å². The summed E-state index contributed by atoms with van der Waals surface area (Å²) in [5.74, 6) is -2.16. The van der Waals surface area contributed by atoms with Crippen molar-refractivity contribution in [3.8, 4) is 0 Å². The Kier molecular flexibility index (Phi) is 4.98. The Morgan fingerprint density at radius 3 is 2.50 bits per heavy atom. The number of carboxylic acid groups (broad SMARTS) is 1. The summed E-state index contributed by atoms with van der Waals surface area (Å²) in [4.78, 5) is 42.0. The first-order chi connectivity index (χ1) is 12.3. The number of hydrogen-bond acceptors (Lipinski definition) is 4. The molecule has 1 saturated carbocycles. The van der Waals surface area contributed by atoms with Gasteiger partial charge in [0.15, 0.2) is 0 Å². The lowest BCUT2D eigenvalue weighted by atomic mass is 9.95. The minimum Gasteiger partial charge on any atom is -0.481 e. The quantitative estimate of drug-likeness (QED) is 0.825. The van der Waals surface area contributed by atoms with E-state index in [1.807, 2.05) is 26.0 Å². The van der Waals surface area contributed by atoms with Crippen molar-refractivity contribution in [1.82, 2.24) is 15.2 Å². The third kappa shape index (κ3) is 3.57. The first-order valence-electron chi connectivity index (χ1n) is 9.00. The number of nitrogens with zero attached hydrogens (tertiary/aromatic N) is 2. The molecule has 2 aliphatic rings. The normalized spacial score (nSPS) is 24.8. The molecule has 3 rings (SSSR count). The van der Waals surface area contributed by atoms with Gasteiger partial charge >= 0.3 is 5.97 Å². The van der Waals surface area contributed by atoms with Crippen LogP contribution in [0.5, 0.6) is 0 Å². The van der Waals surface area contributed by atoms with E-state index in [0.717, 1.165) is 5.56 Å². The summed E-state index contributed by atoms with van der Waals surface area (Å²) in [7, 11) is 0. The first-order valence-corrected chi connectivity index (χ1v) is 9.00. The molecule has 2 fully saturated rings. The number of hydrogen-bond donors (Lipinski definition) is 2. The Labute approximate surface area is 152 Å². The van der Waals surface area contributed by atoms with Crippen molar-refractivity contribution < 1.29 is 19.5 Å². The fourth-order valence-electron chi connectivity index (χ4n) is 3.95. The average Bonchev–Trinajstić information content (AvgIpc) is 3.22. The zero-order chi connectivity index (χ0) is 18.9. The fourth-order valence-corrected chi connectivity index (χ4v) is 3.95. The molecule has 2 heterocycles. The summed E-state index contributed by atoms with van der Waals surface area (Å²) in [5, 5.41) is 12.2. The molecule has 2 N–H and O–H groups in total. The summed E-state index contributed by atoms with van der Waals surface area (Å²) in [5.41, 5.74) is 0.463. The Balaban J connectivity index is 1.47. The number of amides is 2. The Bertz CT molecular complexity index is 696. The van der Waals surface area contributed by atoms with Gasteiger partial charge in [0.2, 0.25) is 11.8 Å². The van der Waals surface area contributed by atoms with Gasteiger partial charge in [-0.2, -0.15) is 0 Å². The van der Waals surface area contributed by atoms with Gasteiger partial charge in [0, 0.05) is 37.9 Å². The van der Waals surface area contributed by atoms with E-state index < -0.39 is 23.2 Å². The van der Waals surface area contributed by atoms with E-state index in [4.69, 9.17) is 0 Å². The highest BCUT2D eigenvalue weighted by atomic mass is 16.4. The highest BCUT2D eigenvalue weighted by molar-refractivity contribution is 5.91. The SMILES string of the molecule is CC1(C)[C@H](C(=O)O)[C@@H]1C(=O)N1CCC(C(=O)NCc2cccnc2)CC1. The van der Waals surface area contributed by atoms with Gasteiger partial charge in [-0.1, -0.05) is 19.9 Å². The Morgan fingerprint density at radius 2 is 1.96 bits per heavy atom. The number of aromatic nitrogens is 1. The molecule has 140 valence electrons. The molecule has 0 radical (unpaired) electrons. The van der Waals surface area contributed by atoms with E-state index in [2.05, 4.69) is 10.3 Å². The summed E-state index contributed by atoms with van der Waals surface area (Å²) >= 11 is 0. The van der Waals surface area contributed by atoms with Gasteiger partial charge in [0.05, 0.1) is 11.8 Å². The van der Waals surface area contributed by atoms with E-state index in [9.17, 15) is 19.5 Å². The number of carbonyl (C=O) groups is 3. The minimum atomic E-state index is -0.905. The van der Waals surface area contributed by atoms with Crippen molar-refractivity contribution in [2.45, 2.75) is 33.2 Å². The van der Waals surface area contributed by atoms with Gasteiger partial charge in [0.25, 0.3) is 0 Å². The minimum absolute atomic E-state index is 0.00360. The van der Waals surface area contributed by atoms with Crippen LogP contribution in [0.2, 0.25) is 0 Å². The summed E-state index contributed by atoms with van der Waals surface area (Å²) in [6.07, 6.45) is 4.62. The van der Waals surface area contributed by atoms with Crippen LogP contribution in [0.1, 0.15) is 32.3 Å². The Hall–Kier alpha value is -2.44.